The largest absolute Gasteiger partial charge is 0.339 e. The first-order chi connectivity index (χ1) is 12.6. The molecule has 3 atom stereocenters. The summed E-state index contributed by atoms with van der Waals surface area (Å²) in [6.45, 7) is 7.21. The standard InChI is InChI=1S/C17H30N4O5S/c1-4-12(2)15(16(23)21-8-6-20(7-9-21)13(3)22)19-17(24)18-14-5-10-27(25,26)11-14/h12,14-15H,4-11H2,1-3H3,(H2,18,19,24)/t12-,14?,15+/m1/s1. The Morgan fingerprint density at radius 3 is 2.19 bits per heavy atom. The number of carbonyl (C=O) groups excluding carboxylic acids is 3. The topological polar surface area (TPSA) is 116 Å². The SMILES string of the molecule is CC[C@@H](C)[C@H](NC(=O)NC1CCS(=O)(=O)C1)C(=O)N1CCN(C(C)=O)CC1. The maximum atomic E-state index is 12.9. The molecule has 4 amide bonds. The third kappa shape index (κ3) is 5.82. The Morgan fingerprint density at radius 1 is 1.11 bits per heavy atom. The quantitative estimate of drug-likeness (QED) is 0.648. The highest BCUT2D eigenvalue weighted by atomic mass is 32.2. The van der Waals surface area contributed by atoms with E-state index in [1.807, 2.05) is 13.8 Å². The maximum absolute atomic E-state index is 12.9. The fourth-order valence-corrected chi connectivity index (χ4v) is 5.07. The number of urea groups is 1. The van der Waals surface area contributed by atoms with Gasteiger partial charge in [-0.3, -0.25) is 9.59 Å². The highest BCUT2D eigenvalue weighted by Crippen LogP contribution is 2.14. The molecule has 2 aliphatic rings. The van der Waals surface area contributed by atoms with Gasteiger partial charge in [-0.25, -0.2) is 13.2 Å². The molecule has 10 heteroatoms. The second kappa shape index (κ2) is 8.90. The smallest absolute Gasteiger partial charge is 0.315 e. The predicted molar refractivity (Wildman–Crippen MR) is 101 cm³/mol. The molecular weight excluding hydrogens is 372 g/mol. The van der Waals surface area contributed by atoms with Gasteiger partial charge in [0.25, 0.3) is 0 Å². The van der Waals surface area contributed by atoms with E-state index in [2.05, 4.69) is 10.6 Å². The summed E-state index contributed by atoms with van der Waals surface area (Å²) in [5.41, 5.74) is 0. The second-order valence-electron chi connectivity index (χ2n) is 7.41. The average Bonchev–Trinajstić information content (AvgIpc) is 2.96. The first-order valence-corrected chi connectivity index (χ1v) is 11.3. The predicted octanol–water partition coefficient (Wildman–Crippen LogP) is -0.422. The summed E-state index contributed by atoms with van der Waals surface area (Å²) in [5.74, 6) is -0.227. The summed E-state index contributed by atoms with van der Waals surface area (Å²) >= 11 is 0. The molecule has 0 bridgehead atoms. The zero-order chi connectivity index (χ0) is 20.2. The molecule has 0 radical (unpaired) electrons. The first-order valence-electron chi connectivity index (χ1n) is 9.44. The number of amides is 4. The molecule has 2 saturated heterocycles. The van der Waals surface area contributed by atoms with Crippen molar-refractivity contribution >= 4 is 27.7 Å². The molecule has 2 rings (SSSR count). The van der Waals surface area contributed by atoms with Crippen LogP contribution in [-0.2, 0) is 19.4 Å². The number of sulfone groups is 1. The lowest BCUT2D eigenvalue weighted by atomic mass is 9.97. The summed E-state index contributed by atoms with van der Waals surface area (Å²) in [6.07, 6.45) is 1.10. The lowest BCUT2D eigenvalue weighted by Crippen LogP contribution is -2.58. The van der Waals surface area contributed by atoms with E-state index in [0.29, 0.717) is 39.0 Å². The zero-order valence-corrected chi connectivity index (χ0v) is 17.0. The maximum Gasteiger partial charge on any atom is 0.315 e. The molecule has 0 saturated carbocycles. The molecule has 9 nitrogen and oxygen atoms in total. The molecule has 27 heavy (non-hydrogen) atoms. The van der Waals surface area contributed by atoms with Crippen molar-refractivity contribution in [2.24, 2.45) is 5.92 Å². The third-order valence-electron chi connectivity index (χ3n) is 5.37. The van der Waals surface area contributed by atoms with Crippen molar-refractivity contribution in [3.63, 3.8) is 0 Å². The van der Waals surface area contributed by atoms with Crippen LogP contribution in [0.4, 0.5) is 4.79 Å². The monoisotopic (exact) mass is 402 g/mol. The lowest BCUT2D eigenvalue weighted by Gasteiger charge is -2.37. The van der Waals surface area contributed by atoms with Crippen LogP contribution in [0.1, 0.15) is 33.6 Å². The van der Waals surface area contributed by atoms with E-state index in [9.17, 15) is 22.8 Å². The molecule has 0 aromatic rings. The molecule has 0 aromatic carbocycles. The Hall–Kier alpha value is -1.84. The summed E-state index contributed by atoms with van der Waals surface area (Å²) in [4.78, 5) is 40.1. The minimum atomic E-state index is -3.09. The molecule has 2 aliphatic heterocycles. The Kier molecular flexibility index (Phi) is 7.07. The fourth-order valence-electron chi connectivity index (χ4n) is 3.40. The van der Waals surface area contributed by atoms with Crippen molar-refractivity contribution in [1.82, 2.24) is 20.4 Å². The average molecular weight is 403 g/mol. The molecule has 0 aliphatic carbocycles. The number of carbonyl (C=O) groups is 3. The van der Waals surface area contributed by atoms with Gasteiger partial charge < -0.3 is 20.4 Å². The summed E-state index contributed by atoms with van der Waals surface area (Å²) in [5, 5.41) is 5.41. The summed E-state index contributed by atoms with van der Waals surface area (Å²) < 4.78 is 23.1. The highest BCUT2D eigenvalue weighted by Gasteiger charge is 2.34. The highest BCUT2D eigenvalue weighted by molar-refractivity contribution is 7.91. The van der Waals surface area contributed by atoms with Crippen molar-refractivity contribution in [2.45, 2.75) is 45.7 Å². The Labute approximate surface area is 160 Å². The lowest BCUT2D eigenvalue weighted by molar-refractivity contribution is -0.140. The van der Waals surface area contributed by atoms with Crippen LogP contribution in [0.5, 0.6) is 0 Å². The van der Waals surface area contributed by atoms with Crippen LogP contribution in [0.15, 0.2) is 0 Å². The van der Waals surface area contributed by atoms with Gasteiger partial charge in [0.15, 0.2) is 9.84 Å². The van der Waals surface area contributed by atoms with Crippen LogP contribution >= 0.6 is 0 Å². The molecular formula is C17H30N4O5S. The zero-order valence-electron chi connectivity index (χ0n) is 16.2. The van der Waals surface area contributed by atoms with E-state index in [1.165, 1.54) is 6.92 Å². The van der Waals surface area contributed by atoms with E-state index in [1.54, 1.807) is 9.80 Å². The normalized spacial score (nSPS) is 24.2. The number of piperazine rings is 1. The minimum absolute atomic E-state index is 0.00964. The van der Waals surface area contributed by atoms with Crippen molar-refractivity contribution in [3.8, 4) is 0 Å². The molecule has 2 heterocycles. The number of rotatable bonds is 5. The van der Waals surface area contributed by atoms with Crippen molar-refractivity contribution in [2.75, 3.05) is 37.7 Å². The Balaban J connectivity index is 1.95. The molecule has 1 unspecified atom stereocenters. The van der Waals surface area contributed by atoms with Crippen LogP contribution < -0.4 is 10.6 Å². The molecule has 2 N–H and O–H groups in total. The summed E-state index contributed by atoms with van der Waals surface area (Å²) in [6, 6.07) is -1.61. The van der Waals surface area contributed by atoms with Gasteiger partial charge in [-0.15, -0.1) is 0 Å². The van der Waals surface area contributed by atoms with Crippen LogP contribution in [0.3, 0.4) is 0 Å². The van der Waals surface area contributed by atoms with Gasteiger partial charge in [-0.05, 0) is 12.3 Å². The number of nitrogens with one attached hydrogen (secondary N) is 2. The third-order valence-corrected chi connectivity index (χ3v) is 7.14. The van der Waals surface area contributed by atoms with Gasteiger partial charge >= 0.3 is 6.03 Å². The van der Waals surface area contributed by atoms with Gasteiger partial charge in [0, 0.05) is 39.1 Å². The van der Waals surface area contributed by atoms with Crippen molar-refractivity contribution in [1.29, 1.82) is 0 Å². The van der Waals surface area contributed by atoms with E-state index < -0.39 is 28.0 Å². The fraction of sp³-hybridized carbons (Fsp3) is 0.824. The Morgan fingerprint density at radius 2 is 1.70 bits per heavy atom. The molecule has 0 aromatic heterocycles. The van der Waals surface area contributed by atoms with Crippen LogP contribution in [0.25, 0.3) is 0 Å². The van der Waals surface area contributed by atoms with Crippen LogP contribution in [-0.4, -0.2) is 85.8 Å². The Bertz CT molecular complexity index is 673. The van der Waals surface area contributed by atoms with E-state index in [4.69, 9.17) is 0 Å². The molecule has 154 valence electrons. The second-order valence-corrected chi connectivity index (χ2v) is 9.64. The minimum Gasteiger partial charge on any atom is -0.339 e. The van der Waals surface area contributed by atoms with Gasteiger partial charge in [0.1, 0.15) is 6.04 Å². The van der Waals surface area contributed by atoms with E-state index in [0.717, 1.165) is 0 Å². The van der Waals surface area contributed by atoms with Crippen LogP contribution in [0.2, 0.25) is 0 Å². The van der Waals surface area contributed by atoms with Crippen molar-refractivity contribution < 1.29 is 22.8 Å². The first kappa shape index (κ1) is 21.5. The van der Waals surface area contributed by atoms with Gasteiger partial charge in [0.2, 0.25) is 11.8 Å². The van der Waals surface area contributed by atoms with Crippen LogP contribution in [0, 0.1) is 5.92 Å². The van der Waals surface area contributed by atoms with Gasteiger partial charge in [-0.1, -0.05) is 20.3 Å². The van der Waals surface area contributed by atoms with E-state index >= 15 is 0 Å². The van der Waals surface area contributed by atoms with E-state index in [-0.39, 0.29) is 29.2 Å². The number of hydrogen-bond acceptors (Lipinski definition) is 5. The van der Waals surface area contributed by atoms with Gasteiger partial charge in [-0.2, -0.15) is 0 Å². The van der Waals surface area contributed by atoms with Crippen molar-refractivity contribution in [3.05, 3.63) is 0 Å². The van der Waals surface area contributed by atoms with Gasteiger partial charge in [0.05, 0.1) is 11.5 Å². The molecule has 2 fully saturated rings. The molecule has 0 spiro atoms. The summed E-state index contributed by atoms with van der Waals surface area (Å²) in [7, 11) is -3.09. The number of hydrogen-bond donors (Lipinski definition) is 2. The number of nitrogens with zero attached hydrogens (tertiary/aromatic N) is 2.